The summed E-state index contributed by atoms with van der Waals surface area (Å²) in [4.78, 5) is 18.3. The van der Waals surface area contributed by atoms with Gasteiger partial charge in [-0.3, -0.25) is 4.79 Å². The quantitative estimate of drug-likeness (QED) is 0.818. The van der Waals surface area contributed by atoms with Gasteiger partial charge in [0.15, 0.2) is 6.39 Å². The van der Waals surface area contributed by atoms with Crippen molar-refractivity contribution < 1.29 is 9.21 Å². The molecule has 0 unspecified atom stereocenters. The molecule has 1 heterocycles. The van der Waals surface area contributed by atoms with E-state index < -0.39 is 0 Å². The average Bonchev–Trinajstić information content (AvgIpc) is 2.93. The van der Waals surface area contributed by atoms with E-state index >= 15 is 0 Å². The highest BCUT2D eigenvalue weighted by Gasteiger charge is 2.17. The number of nitrogens with zero attached hydrogens (tertiary/aromatic N) is 2. The maximum atomic E-state index is 12.1. The van der Waals surface area contributed by atoms with Gasteiger partial charge >= 0.3 is 0 Å². The largest absolute Gasteiger partial charge is 0.438 e. The van der Waals surface area contributed by atoms with E-state index in [-0.39, 0.29) is 11.7 Å². The number of hydrogen-bond donors (Lipinski definition) is 1. The minimum absolute atomic E-state index is 0.222. The van der Waals surface area contributed by atoms with Crippen LogP contribution in [0.25, 0.3) is 11.3 Å². The molecule has 5 nitrogen and oxygen atoms in total. The SMILES string of the molecule is CN(C)CCCNC(=O)c1ocnc1-c1ccccc1. The molecule has 1 N–H and O–H groups in total. The second-order valence-electron chi connectivity index (χ2n) is 4.81. The summed E-state index contributed by atoms with van der Waals surface area (Å²) in [6, 6.07) is 9.54. The summed E-state index contributed by atoms with van der Waals surface area (Å²) in [5.41, 5.74) is 1.45. The Kier molecular flexibility index (Phi) is 4.90. The minimum Gasteiger partial charge on any atom is -0.438 e. The Morgan fingerprint density at radius 2 is 2.05 bits per heavy atom. The first-order valence-electron chi connectivity index (χ1n) is 6.60. The molecule has 106 valence electrons. The number of rotatable bonds is 6. The number of nitrogens with one attached hydrogen (secondary N) is 1. The molecule has 1 aromatic carbocycles. The van der Waals surface area contributed by atoms with Crippen LogP contribution < -0.4 is 5.32 Å². The van der Waals surface area contributed by atoms with Gasteiger partial charge in [-0.1, -0.05) is 30.3 Å². The topological polar surface area (TPSA) is 58.4 Å². The Hall–Kier alpha value is -2.14. The zero-order valence-corrected chi connectivity index (χ0v) is 11.8. The van der Waals surface area contributed by atoms with E-state index in [1.165, 1.54) is 6.39 Å². The van der Waals surface area contributed by atoms with Crippen molar-refractivity contribution in [1.82, 2.24) is 15.2 Å². The predicted octanol–water partition coefficient (Wildman–Crippen LogP) is 2.02. The highest BCUT2D eigenvalue weighted by atomic mass is 16.3. The van der Waals surface area contributed by atoms with Crippen LogP contribution in [-0.2, 0) is 0 Å². The van der Waals surface area contributed by atoms with Gasteiger partial charge < -0.3 is 14.6 Å². The molecule has 2 rings (SSSR count). The highest BCUT2D eigenvalue weighted by molar-refractivity contribution is 5.97. The Balaban J connectivity index is 1.99. The van der Waals surface area contributed by atoms with E-state index in [0.29, 0.717) is 12.2 Å². The van der Waals surface area contributed by atoms with Crippen LogP contribution in [0.1, 0.15) is 17.0 Å². The van der Waals surface area contributed by atoms with Gasteiger partial charge in [0.25, 0.3) is 5.91 Å². The van der Waals surface area contributed by atoms with Crippen molar-refractivity contribution in [2.45, 2.75) is 6.42 Å². The molecule has 0 aliphatic carbocycles. The normalized spacial score (nSPS) is 10.8. The lowest BCUT2D eigenvalue weighted by Crippen LogP contribution is -2.27. The number of carbonyl (C=O) groups excluding carboxylic acids is 1. The zero-order valence-electron chi connectivity index (χ0n) is 11.8. The second kappa shape index (κ2) is 6.86. The number of hydrogen-bond acceptors (Lipinski definition) is 4. The molecule has 20 heavy (non-hydrogen) atoms. The van der Waals surface area contributed by atoms with Gasteiger partial charge in [0.05, 0.1) is 0 Å². The standard InChI is InChI=1S/C15H19N3O2/c1-18(2)10-6-9-16-15(19)14-13(17-11-20-14)12-7-4-3-5-8-12/h3-5,7-8,11H,6,9-10H2,1-2H3,(H,16,19). The van der Waals surface area contributed by atoms with E-state index in [4.69, 9.17) is 4.42 Å². The van der Waals surface area contributed by atoms with E-state index in [2.05, 4.69) is 15.2 Å². The molecular weight excluding hydrogens is 254 g/mol. The number of oxazole rings is 1. The van der Waals surface area contributed by atoms with Crippen LogP contribution in [0, 0.1) is 0 Å². The van der Waals surface area contributed by atoms with Crippen LogP contribution in [0.5, 0.6) is 0 Å². The molecule has 5 heteroatoms. The first kappa shape index (κ1) is 14.3. The van der Waals surface area contributed by atoms with Crippen LogP contribution in [0.3, 0.4) is 0 Å². The summed E-state index contributed by atoms with van der Waals surface area (Å²) in [6.07, 6.45) is 2.20. The van der Waals surface area contributed by atoms with Crippen LogP contribution in [0.4, 0.5) is 0 Å². The first-order valence-corrected chi connectivity index (χ1v) is 6.60. The third kappa shape index (κ3) is 3.68. The molecular formula is C15H19N3O2. The molecule has 0 aliphatic rings. The molecule has 0 radical (unpaired) electrons. The van der Waals surface area contributed by atoms with Gasteiger partial charge in [-0.25, -0.2) is 4.98 Å². The Bertz CT molecular complexity index is 549. The van der Waals surface area contributed by atoms with Crippen molar-refractivity contribution in [3.05, 3.63) is 42.5 Å². The van der Waals surface area contributed by atoms with Crippen molar-refractivity contribution in [3.8, 4) is 11.3 Å². The second-order valence-corrected chi connectivity index (χ2v) is 4.81. The molecule has 0 fully saturated rings. The van der Waals surface area contributed by atoms with Gasteiger partial charge in [-0.15, -0.1) is 0 Å². The molecule has 0 saturated heterocycles. The summed E-state index contributed by atoms with van der Waals surface area (Å²) < 4.78 is 5.23. The van der Waals surface area contributed by atoms with E-state index in [0.717, 1.165) is 18.5 Å². The monoisotopic (exact) mass is 273 g/mol. The van der Waals surface area contributed by atoms with E-state index in [1.807, 2.05) is 44.4 Å². The fourth-order valence-electron chi connectivity index (χ4n) is 1.89. The lowest BCUT2D eigenvalue weighted by Gasteiger charge is -2.09. The summed E-state index contributed by atoms with van der Waals surface area (Å²) in [7, 11) is 4.01. The van der Waals surface area contributed by atoms with Crippen LogP contribution in [0.2, 0.25) is 0 Å². The third-order valence-corrected chi connectivity index (χ3v) is 2.89. The number of amides is 1. The Labute approximate surface area is 118 Å². The van der Waals surface area contributed by atoms with Gasteiger partial charge in [-0.05, 0) is 27.1 Å². The summed E-state index contributed by atoms with van der Waals surface area (Å²) >= 11 is 0. The van der Waals surface area contributed by atoms with Crippen molar-refractivity contribution in [2.75, 3.05) is 27.2 Å². The van der Waals surface area contributed by atoms with Crippen molar-refractivity contribution in [3.63, 3.8) is 0 Å². The number of aromatic nitrogens is 1. The van der Waals surface area contributed by atoms with Crippen molar-refractivity contribution >= 4 is 5.91 Å². The van der Waals surface area contributed by atoms with E-state index in [9.17, 15) is 4.79 Å². The van der Waals surface area contributed by atoms with Gasteiger partial charge in [0.1, 0.15) is 5.69 Å². The fourth-order valence-corrected chi connectivity index (χ4v) is 1.89. The third-order valence-electron chi connectivity index (χ3n) is 2.89. The molecule has 0 saturated carbocycles. The predicted molar refractivity (Wildman–Crippen MR) is 77.4 cm³/mol. The molecule has 1 aromatic heterocycles. The van der Waals surface area contributed by atoms with Gasteiger partial charge in [-0.2, -0.15) is 0 Å². The average molecular weight is 273 g/mol. The van der Waals surface area contributed by atoms with Crippen molar-refractivity contribution in [2.24, 2.45) is 0 Å². The lowest BCUT2D eigenvalue weighted by molar-refractivity contribution is 0.0925. The fraction of sp³-hybridized carbons (Fsp3) is 0.333. The van der Waals surface area contributed by atoms with Gasteiger partial charge in [0, 0.05) is 12.1 Å². The van der Waals surface area contributed by atoms with Crippen LogP contribution >= 0.6 is 0 Å². The van der Waals surface area contributed by atoms with Gasteiger partial charge in [0.2, 0.25) is 5.76 Å². The summed E-state index contributed by atoms with van der Waals surface area (Å²) in [5, 5.41) is 2.85. The van der Waals surface area contributed by atoms with Crippen LogP contribution in [0.15, 0.2) is 41.1 Å². The maximum absolute atomic E-state index is 12.1. The zero-order chi connectivity index (χ0) is 14.4. The summed E-state index contributed by atoms with van der Waals surface area (Å²) in [6.45, 7) is 1.55. The summed E-state index contributed by atoms with van der Waals surface area (Å²) in [5.74, 6) is 0.0427. The Morgan fingerprint density at radius 3 is 2.75 bits per heavy atom. The molecule has 1 amide bonds. The van der Waals surface area contributed by atoms with E-state index in [1.54, 1.807) is 0 Å². The Morgan fingerprint density at radius 1 is 1.30 bits per heavy atom. The first-order chi connectivity index (χ1) is 9.68. The van der Waals surface area contributed by atoms with Crippen molar-refractivity contribution in [1.29, 1.82) is 0 Å². The number of benzene rings is 1. The molecule has 0 spiro atoms. The number of carbonyl (C=O) groups is 1. The molecule has 0 atom stereocenters. The highest BCUT2D eigenvalue weighted by Crippen LogP contribution is 2.21. The minimum atomic E-state index is -0.222. The smallest absolute Gasteiger partial charge is 0.289 e. The van der Waals surface area contributed by atoms with Crippen LogP contribution in [-0.4, -0.2) is 43.0 Å². The molecule has 0 bridgehead atoms. The lowest BCUT2D eigenvalue weighted by atomic mass is 10.1. The molecule has 2 aromatic rings. The molecule has 0 aliphatic heterocycles. The maximum Gasteiger partial charge on any atom is 0.289 e.